The van der Waals surface area contributed by atoms with Crippen molar-refractivity contribution >= 4 is 25.5 Å². The molecule has 19 heavy (non-hydrogen) atoms. The molecule has 0 aromatic rings. The van der Waals surface area contributed by atoms with Gasteiger partial charge in [0, 0.05) is 0 Å². The second-order valence-electron chi connectivity index (χ2n) is 4.81. The zero-order valence-corrected chi connectivity index (χ0v) is 12.7. The molecule has 0 aromatic heterocycles. The number of rotatable bonds is 8. The molecule has 7 heteroatoms. The maximum absolute atomic E-state index is 9.71. The molecule has 0 aliphatic carbocycles. The Hall–Kier alpha value is 0.295. The maximum atomic E-state index is 9.71. The van der Waals surface area contributed by atoms with E-state index in [4.69, 9.17) is 26.3 Å². The third-order valence-electron chi connectivity index (χ3n) is 3.09. The van der Waals surface area contributed by atoms with Crippen LogP contribution in [-0.2, 0) is 21.2 Å². The quantitative estimate of drug-likeness (QED) is 0.308. The van der Waals surface area contributed by atoms with Gasteiger partial charge in [0.2, 0.25) is 0 Å². The summed E-state index contributed by atoms with van der Waals surface area (Å²) in [6.07, 6.45) is 2.97. The van der Waals surface area contributed by atoms with Gasteiger partial charge in [-0.15, -0.1) is 0 Å². The van der Waals surface area contributed by atoms with E-state index in [9.17, 15) is 5.11 Å². The Balaban J connectivity index is 2.34. The van der Waals surface area contributed by atoms with Crippen LogP contribution in [0.2, 0.25) is 0 Å². The molecule has 0 unspecified atom stereocenters. The van der Waals surface area contributed by atoms with Gasteiger partial charge in [0.05, 0.1) is 0 Å². The Labute approximate surface area is 121 Å². The molecule has 1 heterocycles. The summed E-state index contributed by atoms with van der Waals surface area (Å²) >= 11 is 4.73. The minimum absolute atomic E-state index is 0.00222. The summed E-state index contributed by atoms with van der Waals surface area (Å²) < 4.78 is 11.2. The van der Waals surface area contributed by atoms with Crippen molar-refractivity contribution in [3.8, 4) is 0 Å². The second kappa shape index (κ2) is 10.1. The standard InChI is InChI=1S/C12H21BO4PS/c1-9-6-11(3-5-16-13-18-19)17-12(7-9)8-10(15)2-4-14/h10-12,14-15H,1-8H2/q+1/t10-,11-,12+/m0/s1. The van der Waals surface area contributed by atoms with Crippen LogP contribution in [0, 0.1) is 0 Å². The van der Waals surface area contributed by atoms with E-state index in [2.05, 4.69) is 6.58 Å². The van der Waals surface area contributed by atoms with Crippen molar-refractivity contribution in [2.45, 2.75) is 50.4 Å². The molecular formula is C12H21BO4PS+. The molecule has 1 saturated heterocycles. The third kappa shape index (κ3) is 7.59. The molecule has 0 spiro atoms. The predicted octanol–water partition coefficient (Wildman–Crippen LogP) is 1.57. The van der Waals surface area contributed by atoms with Crippen molar-refractivity contribution in [1.82, 2.24) is 0 Å². The Bertz CT molecular complexity index is 336. The van der Waals surface area contributed by atoms with Gasteiger partial charge in [-0.2, -0.15) is 0 Å². The van der Waals surface area contributed by atoms with E-state index in [0.29, 0.717) is 26.3 Å². The molecule has 0 bridgehead atoms. The van der Waals surface area contributed by atoms with Crippen LogP contribution in [0.5, 0.6) is 0 Å². The van der Waals surface area contributed by atoms with Crippen LogP contribution in [0.3, 0.4) is 0 Å². The van der Waals surface area contributed by atoms with Gasteiger partial charge >= 0.3 is 121 Å². The van der Waals surface area contributed by atoms with Crippen LogP contribution in [-0.4, -0.2) is 48.6 Å². The second-order valence-corrected chi connectivity index (χ2v) is 5.86. The van der Waals surface area contributed by atoms with Crippen LogP contribution >= 0.6 is 6.85 Å². The first-order chi connectivity index (χ1) is 9.15. The van der Waals surface area contributed by atoms with Crippen molar-refractivity contribution in [2.75, 3.05) is 13.2 Å². The van der Waals surface area contributed by atoms with Crippen LogP contribution in [0.15, 0.2) is 12.2 Å². The third-order valence-corrected chi connectivity index (χ3v) is 3.58. The first kappa shape index (κ1) is 17.3. The fraction of sp³-hybridized carbons (Fsp3) is 0.833. The minimum atomic E-state index is -0.509. The van der Waals surface area contributed by atoms with Crippen LogP contribution < -0.4 is 0 Å². The Morgan fingerprint density at radius 3 is 2.95 bits per heavy atom. The first-order valence-corrected chi connectivity index (χ1v) is 8.50. The van der Waals surface area contributed by atoms with E-state index in [1.807, 2.05) is 0 Å². The normalized spacial score (nSPS) is 24.8. The number of aliphatic hydroxyl groups excluding tert-OH is 2. The summed E-state index contributed by atoms with van der Waals surface area (Å²) in [6.45, 7) is 6.92. The topological polar surface area (TPSA) is 58.9 Å². The molecular weight excluding hydrogens is 282 g/mol. The van der Waals surface area contributed by atoms with Crippen molar-refractivity contribution in [1.29, 1.82) is 0 Å². The summed E-state index contributed by atoms with van der Waals surface area (Å²) in [4.78, 5) is 0. The summed E-state index contributed by atoms with van der Waals surface area (Å²) in [5.74, 6) is 0. The molecule has 1 aliphatic rings. The summed E-state index contributed by atoms with van der Waals surface area (Å²) in [7, 11) is 0. The number of aliphatic hydroxyl groups is 2. The van der Waals surface area contributed by atoms with E-state index in [-0.39, 0.29) is 18.8 Å². The molecule has 106 valence electrons. The predicted molar refractivity (Wildman–Crippen MR) is 80.0 cm³/mol. The molecule has 0 aromatic carbocycles. The molecule has 4 nitrogen and oxygen atoms in total. The molecule has 1 aliphatic heterocycles. The summed E-state index contributed by atoms with van der Waals surface area (Å²) in [6, 6.07) is 0. The molecule has 3 atom stereocenters. The zero-order chi connectivity index (χ0) is 14.1. The molecule has 0 saturated carbocycles. The number of hydrogen-bond acceptors (Lipinski definition) is 5. The fourth-order valence-corrected chi connectivity index (χ4v) is 2.61. The fourth-order valence-electron chi connectivity index (χ4n) is 2.26. The Kier molecular flexibility index (Phi) is 9.21. The Morgan fingerprint density at radius 1 is 1.53 bits per heavy atom. The number of hydrogen-bond donors (Lipinski definition) is 2. The molecule has 0 amide bonds. The van der Waals surface area contributed by atoms with Gasteiger partial charge in [-0.3, -0.25) is 0 Å². The van der Waals surface area contributed by atoms with Gasteiger partial charge in [-0.05, 0) is 0 Å². The molecule has 1 fully saturated rings. The van der Waals surface area contributed by atoms with Gasteiger partial charge < -0.3 is 0 Å². The number of ether oxygens (including phenoxy) is 1. The van der Waals surface area contributed by atoms with Gasteiger partial charge in [0.25, 0.3) is 0 Å². The van der Waals surface area contributed by atoms with E-state index in [1.54, 1.807) is 6.82 Å². The van der Waals surface area contributed by atoms with E-state index < -0.39 is 6.10 Å². The van der Waals surface area contributed by atoms with E-state index in [0.717, 1.165) is 24.8 Å². The average molecular weight is 303 g/mol. The molecule has 2 N–H and O–H groups in total. The SMILES string of the molecule is C=C1C[C@H](C[C@@H](O)CCO)O[C@@H](CCOB=[P+]=S)C1. The van der Waals surface area contributed by atoms with E-state index in [1.165, 1.54) is 0 Å². The first-order valence-electron chi connectivity index (χ1n) is 6.52. The Morgan fingerprint density at radius 2 is 2.26 bits per heavy atom. The van der Waals surface area contributed by atoms with Gasteiger partial charge in [0.1, 0.15) is 0 Å². The molecule has 0 radical (unpaired) electrons. The summed E-state index contributed by atoms with van der Waals surface area (Å²) in [5.41, 5.74) is 1.16. The van der Waals surface area contributed by atoms with Gasteiger partial charge in [-0.25, -0.2) is 0 Å². The summed E-state index contributed by atoms with van der Waals surface area (Å²) in [5, 5.41) is 18.5. The van der Waals surface area contributed by atoms with Crippen molar-refractivity contribution < 1.29 is 19.6 Å². The van der Waals surface area contributed by atoms with Crippen LogP contribution in [0.4, 0.5) is 0 Å². The van der Waals surface area contributed by atoms with E-state index >= 15 is 0 Å². The van der Waals surface area contributed by atoms with Crippen LogP contribution in [0.1, 0.15) is 32.1 Å². The van der Waals surface area contributed by atoms with Gasteiger partial charge in [0.15, 0.2) is 0 Å². The zero-order valence-electron chi connectivity index (χ0n) is 11.0. The van der Waals surface area contributed by atoms with Crippen molar-refractivity contribution in [3.63, 3.8) is 0 Å². The molecule has 1 rings (SSSR count). The van der Waals surface area contributed by atoms with Crippen molar-refractivity contribution in [2.24, 2.45) is 0 Å². The monoisotopic (exact) mass is 303 g/mol. The average Bonchev–Trinajstić information content (AvgIpc) is 2.34. The van der Waals surface area contributed by atoms with Crippen molar-refractivity contribution in [3.05, 3.63) is 12.2 Å². The van der Waals surface area contributed by atoms with Crippen LogP contribution in [0.25, 0.3) is 0 Å². The van der Waals surface area contributed by atoms with Gasteiger partial charge in [-0.1, -0.05) is 0 Å².